The van der Waals surface area contributed by atoms with Crippen LogP contribution < -0.4 is 16.4 Å². The molecule has 1 rings (SSSR count). The van der Waals surface area contributed by atoms with Crippen molar-refractivity contribution in [1.29, 1.82) is 0 Å². The Balaban J connectivity index is 2.50. The number of carbonyl (C=O) groups excluding carboxylic acids is 2. The van der Waals surface area contributed by atoms with Gasteiger partial charge in [0.1, 0.15) is 0 Å². The SMILES string of the molecule is CC(C)[C@H](N)C(=O)NCC(=O)NC(CC1CCCCC1)C(C)(C)C. The van der Waals surface area contributed by atoms with Gasteiger partial charge in [-0.05, 0) is 23.7 Å². The Morgan fingerprint density at radius 1 is 1.12 bits per heavy atom. The van der Waals surface area contributed by atoms with E-state index in [4.69, 9.17) is 5.73 Å². The molecular weight excluding hydrogens is 302 g/mol. The maximum atomic E-state index is 12.3. The number of amides is 2. The van der Waals surface area contributed by atoms with Gasteiger partial charge in [0.2, 0.25) is 11.8 Å². The van der Waals surface area contributed by atoms with Gasteiger partial charge in [-0.1, -0.05) is 66.7 Å². The number of rotatable bonds is 7. The van der Waals surface area contributed by atoms with Gasteiger partial charge in [0.15, 0.2) is 0 Å². The third kappa shape index (κ3) is 7.20. The summed E-state index contributed by atoms with van der Waals surface area (Å²) in [5.74, 6) is 0.365. The number of nitrogens with two attached hydrogens (primary N) is 1. The second-order valence-corrected chi connectivity index (χ2v) is 8.71. The lowest BCUT2D eigenvalue weighted by Crippen LogP contribution is -2.51. The average molecular weight is 340 g/mol. The van der Waals surface area contributed by atoms with E-state index in [0.717, 1.165) is 6.42 Å². The average Bonchev–Trinajstić information content (AvgIpc) is 2.51. The highest BCUT2D eigenvalue weighted by atomic mass is 16.2. The van der Waals surface area contributed by atoms with E-state index in [1.165, 1.54) is 32.1 Å². The molecule has 5 nitrogen and oxygen atoms in total. The normalized spacial score (nSPS) is 19.0. The van der Waals surface area contributed by atoms with Gasteiger partial charge in [0.05, 0.1) is 12.6 Å². The second-order valence-electron chi connectivity index (χ2n) is 8.71. The Morgan fingerprint density at radius 2 is 1.71 bits per heavy atom. The largest absolute Gasteiger partial charge is 0.351 e. The molecule has 0 aromatic carbocycles. The summed E-state index contributed by atoms with van der Waals surface area (Å²) >= 11 is 0. The molecule has 1 fully saturated rings. The zero-order valence-electron chi connectivity index (χ0n) is 16.2. The van der Waals surface area contributed by atoms with Crippen molar-refractivity contribution in [3.8, 4) is 0 Å². The predicted molar refractivity (Wildman–Crippen MR) is 98.4 cm³/mol. The van der Waals surface area contributed by atoms with Crippen molar-refractivity contribution in [3.63, 3.8) is 0 Å². The molecule has 1 saturated carbocycles. The Hall–Kier alpha value is -1.10. The highest BCUT2D eigenvalue weighted by Gasteiger charge is 2.29. The number of nitrogens with one attached hydrogen (secondary N) is 2. The van der Waals surface area contributed by atoms with Gasteiger partial charge in [-0.3, -0.25) is 9.59 Å². The van der Waals surface area contributed by atoms with E-state index in [-0.39, 0.29) is 35.7 Å². The van der Waals surface area contributed by atoms with Crippen LogP contribution in [0.4, 0.5) is 0 Å². The van der Waals surface area contributed by atoms with Crippen molar-refractivity contribution in [2.24, 2.45) is 23.0 Å². The molecule has 2 amide bonds. The van der Waals surface area contributed by atoms with Gasteiger partial charge >= 0.3 is 0 Å². The van der Waals surface area contributed by atoms with Crippen LogP contribution in [-0.2, 0) is 9.59 Å². The fourth-order valence-electron chi connectivity index (χ4n) is 3.22. The topological polar surface area (TPSA) is 84.2 Å². The molecule has 4 N–H and O–H groups in total. The lowest BCUT2D eigenvalue weighted by Gasteiger charge is -2.35. The lowest BCUT2D eigenvalue weighted by molar-refractivity contribution is -0.128. The highest BCUT2D eigenvalue weighted by molar-refractivity contribution is 5.87. The third-order valence-electron chi connectivity index (χ3n) is 5.12. The minimum Gasteiger partial charge on any atom is -0.351 e. The monoisotopic (exact) mass is 339 g/mol. The summed E-state index contributed by atoms with van der Waals surface area (Å²) in [6, 6.07) is -0.442. The molecule has 0 aliphatic heterocycles. The zero-order valence-corrected chi connectivity index (χ0v) is 16.2. The van der Waals surface area contributed by atoms with Crippen LogP contribution in [0.3, 0.4) is 0 Å². The molecule has 1 aliphatic rings. The summed E-state index contributed by atoms with van der Waals surface area (Å²) in [4.78, 5) is 24.1. The first kappa shape index (κ1) is 20.9. The van der Waals surface area contributed by atoms with E-state index in [0.29, 0.717) is 5.92 Å². The molecule has 0 heterocycles. The van der Waals surface area contributed by atoms with Gasteiger partial charge in [-0.25, -0.2) is 0 Å². The van der Waals surface area contributed by atoms with Crippen LogP contribution in [0.15, 0.2) is 0 Å². The Bertz CT molecular complexity index is 409. The quantitative estimate of drug-likeness (QED) is 0.666. The second kappa shape index (κ2) is 9.40. The summed E-state index contributed by atoms with van der Waals surface area (Å²) in [5, 5.41) is 5.78. The standard InChI is InChI=1S/C19H37N3O2/c1-13(2)17(20)18(24)21-12-16(23)22-15(19(3,4)5)11-14-9-7-6-8-10-14/h13-15,17H,6-12,20H2,1-5H3,(H,21,24)(H,22,23)/t15?,17-/m0/s1. The zero-order chi connectivity index (χ0) is 18.3. The Kier molecular flexibility index (Phi) is 8.20. The van der Waals surface area contributed by atoms with Crippen molar-refractivity contribution in [3.05, 3.63) is 0 Å². The fourth-order valence-corrected chi connectivity index (χ4v) is 3.22. The van der Waals surface area contributed by atoms with Crippen LogP contribution in [0.25, 0.3) is 0 Å². The number of carbonyl (C=O) groups is 2. The van der Waals surface area contributed by atoms with E-state index < -0.39 is 6.04 Å². The summed E-state index contributed by atoms with van der Waals surface area (Å²) in [6.07, 6.45) is 7.50. The molecule has 1 unspecified atom stereocenters. The first-order valence-corrected chi connectivity index (χ1v) is 9.44. The lowest BCUT2D eigenvalue weighted by atomic mass is 9.77. The predicted octanol–water partition coefficient (Wildman–Crippen LogP) is 2.59. The molecule has 1 aliphatic carbocycles. The molecule has 0 aromatic heterocycles. The van der Waals surface area contributed by atoms with Crippen molar-refractivity contribution in [1.82, 2.24) is 10.6 Å². The smallest absolute Gasteiger partial charge is 0.239 e. The molecule has 0 spiro atoms. The van der Waals surface area contributed by atoms with Crippen LogP contribution in [0.1, 0.15) is 73.1 Å². The van der Waals surface area contributed by atoms with Gasteiger partial charge in [0, 0.05) is 6.04 Å². The Labute approximate surface area is 147 Å². The molecule has 0 saturated heterocycles. The minimum absolute atomic E-state index is 0.00347. The van der Waals surface area contributed by atoms with Crippen LogP contribution in [0.5, 0.6) is 0 Å². The Morgan fingerprint density at radius 3 is 2.21 bits per heavy atom. The first-order chi connectivity index (χ1) is 11.1. The van der Waals surface area contributed by atoms with Gasteiger partial charge in [0.25, 0.3) is 0 Å². The molecule has 2 atom stereocenters. The molecule has 0 bridgehead atoms. The van der Waals surface area contributed by atoms with Crippen molar-refractivity contribution in [2.75, 3.05) is 6.54 Å². The van der Waals surface area contributed by atoms with Crippen LogP contribution in [-0.4, -0.2) is 30.4 Å². The molecule has 24 heavy (non-hydrogen) atoms. The third-order valence-corrected chi connectivity index (χ3v) is 5.12. The van der Waals surface area contributed by atoms with Gasteiger partial charge < -0.3 is 16.4 Å². The molecular formula is C19H37N3O2. The molecule has 0 aromatic rings. The van der Waals surface area contributed by atoms with E-state index in [9.17, 15) is 9.59 Å². The summed E-state index contributed by atoms with van der Waals surface area (Å²) in [5.41, 5.74) is 5.80. The van der Waals surface area contributed by atoms with Crippen LogP contribution in [0, 0.1) is 17.3 Å². The highest BCUT2D eigenvalue weighted by Crippen LogP contribution is 2.32. The van der Waals surface area contributed by atoms with Crippen LogP contribution >= 0.6 is 0 Å². The van der Waals surface area contributed by atoms with Gasteiger partial charge in [-0.15, -0.1) is 0 Å². The minimum atomic E-state index is -0.571. The first-order valence-electron chi connectivity index (χ1n) is 9.44. The maximum Gasteiger partial charge on any atom is 0.239 e. The summed E-state index contributed by atoms with van der Waals surface area (Å²) in [6.45, 7) is 10.3. The van der Waals surface area contributed by atoms with Crippen molar-refractivity contribution >= 4 is 11.8 Å². The number of hydrogen-bond donors (Lipinski definition) is 3. The fraction of sp³-hybridized carbons (Fsp3) is 0.895. The van der Waals surface area contributed by atoms with E-state index in [1.807, 2.05) is 13.8 Å². The molecule has 5 heteroatoms. The van der Waals surface area contributed by atoms with Crippen molar-refractivity contribution in [2.45, 2.75) is 85.2 Å². The van der Waals surface area contributed by atoms with Gasteiger partial charge in [-0.2, -0.15) is 0 Å². The summed E-state index contributed by atoms with van der Waals surface area (Å²) < 4.78 is 0. The molecule has 0 radical (unpaired) electrons. The van der Waals surface area contributed by atoms with Crippen molar-refractivity contribution < 1.29 is 9.59 Å². The van der Waals surface area contributed by atoms with E-state index in [1.54, 1.807) is 0 Å². The summed E-state index contributed by atoms with van der Waals surface area (Å²) in [7, 11) is 0. The molecule has 140 valence electrons. The number of hydrogen-bond acceptors (Lipinski definition) is 3. The maximum absolute atomic E-state index is 12.3. The van der Waals surface area contributed by atoms with Crippen LogP contribution in [0.2, 0.25) is 0 Å². The van der Waals surface area contributed by atoms with E-state index >= 15 is 0 Å². The van der Waals surface area contributed by atoms with E-state index in [2.05, 4.69) is 31.4 Å².